The molecule has 43 heavy (non-hydrogen) atoms. The highest BCUT2D eigenvalue weighted by molar-refractivity contribution is 7.15. The van der Waals surface area contributed by atoms with E-state index in [4.69, 9.17) is 9.72 Å². The van der Waals surface area contributed by atoms with Crippen LogP contribution in [0.2, 0.25) is 0 Å². The maximum absolute atomic E-state index is 12.7. The topological polar surface area (TPSA) is 88.4 Å². The van der Waals surface area contributed by atoms with Gasteiger partial charge in [-0.05, 0) is 80.1 Å². The van der Waals surface area contributed by atoms with Crippen molar-refractivity contribution in [3.8, 4) is 21.7 Å². The highest BCUT2D eigenvalue weighted by atomic mass is 32.1. The van der Waals surface area contributed by atoms with Crippen LogP contribution in [0.3, 0.4) is 0 Å². The predicted molar refractivity (Wildman–Crippen MR) is 171 cm³/mol. The van der Waals surface area contributed by atoms with Gasteiger partial charge in [0.1, 0.15) is 10.6 Å². The number of carbonyl (C=O) groups is 1. The Hall–Kier alpha value is -4.14. The highest BCUT2D eigenvalue weighted by Crippen LogP contribution is 2.38. The molecule has 0 saturated heterocycles. The summed E-state index contributed by atoms with van der Waals surface area (Å²) in [4.78, 5) is 29.9. The number of aromatic nitrogens is 3. The third-order valence-electron chi connectivity index (χ3n) is 7.96. The molecule has 1 N–H and O–H groups in total. The minimum absolute atomic E-state index is 0.0334. The van der Waals surface area contributed by atoms with Crippen LogP contribution in [-0.2, 0) is 30.7 Å². The first-order chi connectivity index (χ1) is 20.6. The number of rotatable bonds is 5. The van der Waals surface area contributed by atoms with E-state index >= 15 is 0 Å². The van der Waals surface area contributed by atoms with Crippen LogP contribution in [0.5, 0.6) is 0 Å². The van der Waals surface area contributed by atoms with E-state index in [9.17, 15) is 9.90 Å². The Kier molecular flexibility index (Phi) is 7.75. The smallest absolute Gasteiger partial charge is 0.410 e. The van der Waals surface area contributed by atoms with Gasteiger partial charge in [-0.15, -0.1) is 11.3 Å². The van der Waals surface area contributed by atoms with Gasteiger partial charge in [0.25, 0.3) is 0 Å². The molecule has 6 rings (SSSR count). The lowest BCUT2D eigenvalue weighted by Gasteiger charge is -2.29. The molecule has 0 aliphatic carbocycles. The molecule has 2 aromatic carbocycles. The zero-order valence-electron chi connectivity index (χ0n) is 25.3. The van der Waals surface area contributed by atoms with Gasteiger partial charge in [0, 0.05) is 47.6 Å². The van der Waals surface area contributed by atoms with E-state index in [0.29, 0.717) is 19.5 Å². The molecule has 0 fully saturated rings. The number of ether oxygens (including phenoxy) is 1. The SMILES string of the molecule is Cc1c(Cc2nccc3cc(CO)cnc23)cccc1-c1cccc(-c2nc3c(s2)CN(C(=O)OC(C)(C)C)CC3)c1C. The number of nitrogens with zero attached hydrogens (tertiary/aromatic N) is 4. The first-order valence-corrected chi connectivity index (χ1v) is 15.4. The lowest BCUT2D eigenvalue weighted by molar-refractivity contribution is 0.0225. The van der Waals surface area contributed by atoms with E-state index in [1.54, 1.807) is 22.4 Å². The summed E-state index contributed by atoms with van der Waals surface area (Å²) in [6.07, 6.45) is 4.65. The molecule has 0 spiro atoms. The number of hydrogen-bond acceptors (Lipinski definition) is 7. The Labute approximate surface area is 256 Å². The summed E-state index contributed by atoms with van der Waals surface area (Å²) >= 11 is 1.67. The van der Waals surface area contributed by atoms with Gasteiger partial charge in [-0.1, -0.05) is 36.4 Å². The summed E-state index contributed by atoms with van der Waals surface area (Å²) in [5, 5.41) is 11.5. The number of hydrogen-bond donors (Lipinski definition) is 1. The van der Waals surface area contributed by atoms with E-state index in [-0.39, 0.29) is 12.7 Å². The Morgan fingerprint density at radius 1 is 1.02 bits per heavy atom. The second-order valence-electron chi connectivity index (χ2n) is 12.1. The van der Waals surface area contributed by atoms with Gasteiger partial charge in [-0.25, -0.2) is 9.78 Å². The lowest BCUT2D eigenvalue weighted by Crippen LogP contribution is -2.39. The molecule has 0 bridgehead atoms. The molecule has 5 aromatic rings. The molecule has 0 unspecified atom stereocenters. The first-order valence-electron chi connectivity index (χ1n) is 14.6. The van der Waals surface area contributed by atoms with Gasteiger partial charge < -0.3 is 14.7 Å². The van der Waals surface area contributed by atoms with Crippen molar-refractivity contribution in [2.24, 2.45) is 0 Å². The number of carbonyl (C=O) groups excluding carboxylic acids is 1. The van der Waals surface area contributed by atoms with Crippen LogP contribution in [0.25, 0.3) is 32.6 Å². The average Bonchev–Trinajstić information content (AvgIpc) is 3.41. The monoisotopic (exact) mass is 592 g/mol. The number of benzene rings is 2. The van der Waals surface area contributed by atoms with E-state index < -0.39 is 5.60 Å². The third kappa shape index (κ3) is 5.90. The van der Waals surface area contributed by atoms with Crippen molar-refractivity contribution in [1.82, 2.24) is 19.9 Å². The quantitative estimate of drug-likeness (QED) is 0.229. The van der Waals surface area contributed by atoms with Crippen LogP contribution < -0.4 is 0 Å². The number of aliphatic hydroxyl groups is 1. The number of thiazole rings is 1. The highest BCUT2D eigenvalue weighted by Gasteiger charge is 2.28. The van der Waals surface area contributed by atoms with Crippen LogP contribution in [0, 0.1) is 13.8 Å². The predicted octanol–water partition coefficient (Wildman–Crippen LogP) is 7.41. The average molecular weight is 593 g/mol. The molecule has 7 nitrogen and oxygen atoms in total. The summed E-state index contributed by atoms with van der Waals surface area (Å²) in [5.74, 6) is 0. The molecule has 1 aliphatic heterocycles. The zero-order valence-corrected chi connectivity index (χ0v) is 26.1. The number of pyridine rings is 2. The van der Waals surface area contributed by atoms with Gasteiger partial charge in [-0.3, -0.25) is 9.97 Å². The lowest BCUT2D eigenvalue weighted by atomic mass is 9.90. The molecular weight excluding hydrogens is 556 g/mol. The molecular formula is C35H36N4O3S. The van der Waals surface area contributed by atoms with Crippen LogP contribution in [0.1, 0.15) is 59.3 Å². The van der Waals surface area contributed by atoms with E-state index in [1.165, 1.54) is 27.8 Å². The minimum Gasteiger partial charge on any atom is -0.444 e. The van der Waals surface area contributed by atoms with Crippen LogP contribution in [0.4, 0.5) is 4.79 Å². The second-order valence-corrected chi connectivity index (χ2v) is 13.2. The van der Waals surface area contributed by atoms with E-state index in [0.717, 1.165) is 49.7 Å². The molecule has 0 atom stereocenters. The standard InChI is InChI=1S/C35H36N4O3S/c1-21-24(17-30-32-25(12-14-36-30)16-23(20-40)18-37-32)8-6-9-26(21)27-10-7-11-28(22(27)2)33-38-29-13-15-39(19-31(29)43-33)34(41)42-35(3,4)5/h6-12,14,16,18,40H,13,15,17,19-20H2,1-5H3. The fraction of sp³-hybridized carbons (Fsp3) is 0.314. The van der Waals surface area contributed by atoms with Crippen LogP contribution >= 0.6 is 11.3 Å². The Bertz CT molecular complexity index is 1840. The molecule has 4 heterocycles. The minimum atomic E-state index is -0.518. The summed E-state index contributed by atoms with van der Waals surface area (Å²) < 4.78 is 5.61. The summed E-state index contributed by atoms with van der Waals surface area (Å²) in [6.45, 7) is 11.1. The van der Waals surface area contributed by atoms with Gasteiger partial charge in [-0.2, -0.15) is 0 Å². The fourth-order valence-corrected chi connectivity index (χ4v) is 6.89. The largest absolute Gasteiger partial charge is 0.444 e. The second kappa shape index (κ2) is 11.5. The van der Waals surface area contributed by atoms with Crippen molar-refractivity contribution in [2.45, 2.75) is 66.2 Å². The Morgan fingerprint density at radius 2 is 1.77 bits per heavy atom. The third-order valence-corrected chi connectivity index (χ3v) is 9.07. The Morgan fingerprint density at radius 3 is 2.53 bits per heavy atom. The van der Waals surface area contributed by atoms with Crippen molar-refractivity contribution in [3.05, 3.63) is 99.4 Å². The number of fused-ring (bicyclic) bond motifs is 2. The van der Waals surface area contributed by atoms with Crippen LogP contribution in [-0.4, -0.2) is 43.2 Å². The van der Waals surface area contributed by atoms with Gasteiger partial charge >= 0.3 is 6.09 Å². The molecule has 3 aromatic heterocycles. The van der Waals surface area contributed by atoms with Crippen molar-refractivity contribution >= 4 is 28.3 Å². The molecule has 1 amide bonds. The maximum Gasteiger partial charge on any atom is 0.410 e. The van der Waals surface area contributed by atoms with Crippen molar-refractivity contribution in [2.75, 3.05) is 6.54 Å². The molecule has 0 radical (unpaired) electrons. The summed E-state index contributed by atoms with van der Waals surface area (Å²) in [5.41, 5.74) is 10.2. The van der Waals surface area contributed by atoms with Gasteiger partial charge in [0.15, 0.2) is 0 Å². The maximum atomic E-state index is 12.7. The van der Waals surface area contributed by atoms with Gasteiger partial charge in [0.2, 0.25) is 0 Å². The summed E-state index contributed by atoms with van der Waals surface area (Å²) in [6, 6.07) is 16.8. The van der Waals surface area contributed by atoms with E-state index in [1.807, 2.05) is 39.1 Å². The zero-order chi connectivity index (χ0) is 30.3. The number of amides is 1. The molecule has 8 heteroatoms. The fourth-order valence-electron chi connectivity index (χ4n) is 5.68. The number of aliphatic hydroxyl groups excluding tert-OH is 1. The van der Waals surface area contributed by atoms with E-state index in [2.05, 4.69) is 60.2 Å². The van der Waals surface area contributed by atoms with Crippen molar-refractivity contribution in [3.63, 3.8) is 0 Å². The van der Waals surface area contributed by atoms with Crippen molar-refractivity contribution < 1.29 is 14.6 Å². The molecule has 1 aliphatic rings. The Balaban J connectivity index is 1.29. The molecule has 220 valence electrons. The van der Waals surface area contributed by atoms with Crippen molar-refractivity contribution in [1.29, 1.82) is 0 Å². The summed E-state index contributed by atoms with van der Waals surface area (Å²) in [7, 11) is 0. The van der Waals surface area contributed by atoms with Crippen LogP contribution in [0.15, 0.2) is 60.9 Å². The molecule has 0 saturated carbocycles. The normalized spacial score (nSPS) is 13.3. The van der Waals surface area contributed by atoms with Gasteiger partial charge in [0.05, 0.1) is 30.1 Å². The first kappa shape index (κ1) is 29.0.